The van der Waals surface area contributed by atoms with Crippen LogP contribution in [0.25, 0.3) is 0 Å². The zero-order valence-corrected chi connectivity index (χ0v) is 14.1. The second kappa shape index (κ2) is 9.25. The van der Waals surface area contributed by atoms with Gasteiger partial charge in [0.15, 0.2) is 4.34 Å². The van der Waals surface area contributed by atoms with Crippen molar-refractivity contribution in [2.45, 2.75) is 62.3 Å². The van der Waals surface area contributed by atoms with Crippen molar-refractivity contribution in [2.75, 3.05) is 17.7 Å². The van der Waals surface area contributed by atoms with E-state index in [-0.39, 0.29) is 5.97 Å². The molecule has 1 aromatic rings. The van der Waals surface area contributed by atoms with Gasteiger partial charge in [-0.2, -0.15) is 0 Å². The Hall–Kier alpha value is -0.820. The Labute approximate surface area is 134 Å². The molecule has 7 heteroatoms. The molecule has 118 valence electrons. The number of esters is 1. The summed E-state index contributed by atoms with van der Waals surface area (Å²) in [5, 5.41) is 12.8. The Bertz CT molecular complexity index is 434. The van der Waals surface area contributed by atoms with E-state index in [0.29, 0.717) is 19.1 Å². The van der Waals surface area contributed by atoms with E-state index in [1.807, 2.05) is 6.92 Å². The summed E-state index contributed by atoms with van der Waals surface area (Å²) in [6, 6.07) is 0.563. The molecule has 1 saturated carbocycles. The lowest BCUT2D eigenvalue weighted by atomic mass is 9.96. The minimum atomic E-state index is -0.116. The van der Waals surface area contributed by atoms with Crippen molar-refractivity contribution in [3.8, 4) is 0 Å². The molecule has 0 bridgehead atoms. The van der Waals surface area contributed by atoms with Gasteiger partial charge in [-0.15, -0.1) is 10.2 Å². The minimum absolute atomic E-state index is 0.116. The van der Waals surface area contributed by atoms with Crippen LogP contribution in [0.3, 0.4) is 0 Å². The Balaban J connectivity index is 1.64. The number of hydrogen-bond acceptors (Lipinski definition) is 7. The molecule has 1 N–H and O–H groups in total. The maximum atomic E-state index is 11.2. The highest BCUT2D eigenvalue weighted by Crippen LogP contribution is 2.28. The lowest BCUT2D eigenvalue weighted by Gasteiger charge is -2.21. The summed E-state index contributed by atoms with van der Waals surface area (Å²) in [6.45, 7) is 2.29. The van der Waals surface area contributed by atoms with Crippen molar-refractivity contribution < 1.29 is 9.53 Å². The van der Waals surface area contributed by atoms with Crippen LogP contribution < -0.4 is 5.32 Å². The summed E-state index contributed by atoms with van der Waals surface area (Å²) < 4.78 is 5.87. The highest BCUT2D eigenvalue weighted by atomic mass is 32.2. The summed E-state index contributed by atoms with van der Waals surface area (Å²) in [7, 11) is 0. The van der Waals surface area contributed by atoms with Crippen LogP contribution in [-0.4, -0.2) is 34.6 Å². The predicted molar refractivity (Wildman–Crippen MR) is 87.0 cm³/mol. The first-order valence-electron chi connectivity index (χ1n) is 7.66. The average Bonchev–Trinajstić information content (AvgIpc) is 2.92. The van der Waals surface area contributed by atoms with Gasteiger partial charge in [0.2, 0.25) is 5.13 Å². The molecule has 1 fully saturated rings. The maximum absolute atomic E-state index is 11.2. The molecule has 0 aromatic carbocycles. The molecule has 0 radical (unpaired) electrons. The van der Waals surface area contributed by atoms with Crippen molar-refractivity contribution in [3.63, 3.8) is 0 Å². The Morgan fingerprint density at radius 3 is 2.95 bits per heavy atom. The largest absolute Gasteiger partial charge is 0.466 e. The van der Waals surface area contributed by atoms with Crippen LogP contribution in [0.2, 0.25) is 0 Å². The van der Waals surface area contributed by atoms with Gasteiger partial charge in [0.1, 0.15) is 0 Å². The molecule has 2 rings (SSSR count). The van der Waals surface area contributed by atoms with Gasteiger partial charge in [-0.1, -0.05) is 42.4 Å². The zero-order valence-electron chi connectivity index (χ0n) is 12.5. The van der Waals surface area contributed by atoms with Crippen LogP contribution >= 0.6 is 23.1 Å². The molecule has 5 nitrogen and oxygen atoms in total. The fourth-order valence-corrected chi connectivity index (χ4v) is 4.20. The van der Waals surface area contributed by atoms with E-state index in [1.165, 1.54) is 32.1 Å². The van der Waals surface area contributed by atoms with Crippen LogP contribution in [0.4, 0.5) is 5.13 Å². The fraction of sp³-hybridized carbons (Fsp3) is 0.786. The number of carbonyl (C=O) groups is 1. The van der Waals surface area contributed by atoms with Crippen molar-refractivity contribution >= 4 is 34.2 Å². The van der Waals surface area contributed by atoms with E-state index in [9.17, 15) is 4.79 Å². The van der Waals surface area contributed by atoms with E-state index >= 15 is 0 Å². The molecule has 0 aliphatic heterocycles. The van der Waals surface area contributed by atoms with Crippen molar-refractivity contribution in [1.82, 2.24) is 10.2 Å². The summed E-state index contributed by atoms with van der Waals surface area (Å²) in [6.07, 6.45) is 7.75. The third-order valence-corrected chi connectivity index (χ3v) is 5.47. The highest BCUT2D eigenvalue weighted by Gasteiger charge is 2.15. The van der Waals surface area contributed by atoms with E-state index in [4.69, 9.17) is 4.74 Å². The topological polar surface area (TPSA) is 64.1 Å². The molecule has 0 atom stereocenters. The van der Waals surface area contributed by atoms with Crippen LogP contribution in [0.15, 0.2) is 4.34 Å². The number of aromatic nitrogens is 2. The zero-order chi connectivity index (χ0) is 14.9. The number of anilines is 1. The summed E-state index contributed by atoms with van der Waals surface area (Å²) in [5.74, 6) is 0.756. The molecule has 0 spiro atoms. The lowest BCUT2D eigenvalue weighted by Crippen LogP contribution is -2.21. The third-order valence-electron chi connectivity index (χ3n) is 3.40. The summed E-state index contributed by atoms with van der Waals surface area (Å²) in [5.41, 5.74) is 0. The molecule has 1 aliphatic carbocycles. The standard InChI is InChI=1S/C14H23N3O2S2/c1-2-19-12(18)9-6-10-20-14-17-16-13(21-14)15-11-7-4-3-5-8-11/h11H,2-10H2,1H3,(H,15,16). The molecule has 0 saturated heterocycles. The quantitative estimate of drug-likeness (QED) is 0.445. The first-order chi connectivity index (χ1) is 10.3. The first-order valence-corrected chi connectivity index (χ1v) is 9.46. The van der Waals surface area contributed by atoms with Crippen LogP contribution in [0, 0.1) is 0 Å². The van der Waals surface area contributed by atoms with E-state index in [1.54, 1.807) is 23.1 Å². The number of carbonyl (C=O) groups excluding carboxylic acids is 1. The lowest BCUT2D eigenvalue weighted by molar-refractivity contribution is -0.143. The average molecular weight is 329 g/mol. The number of nitrogens with one attached hydrogen (secondary N) is 1. The van der Waals surface area contributed by atoms with Crippen LogP contribution in [0.1, 0.15) is 51.9 Å². The van der Waals surface area contributed by atoms with Gasteiger partial charge >= 0.3 is 5.97 Å². The van der Waals surface area contributed by atoms with Gasteiger partial charge in [-0.25, -0.2) is 0 Å². The molecule has 1 heterocycles. The van der Waals surface area contributed by atoms with Gasteiger partial charge in [0.05, 0.1) is 6.61 Å². The normalized spacial score (nSPS) is 15.9. The molecule has 21 heavy (non-hydrogen) atoms. The van der Waals surface area contributed by atoms with Gasteiger partial charge in [0, 0.05) is 18.2 Å². The second-order valence-electron chi connectivity index (χ2n) is 5.11. The Kier molecular flexibility index (Phi) is 7.29. The number of ether oxygens (including phenoxy) is 1. The van der Waals surface area contributed by atoms with Crippen molar-refractivity contribution in [2.24, 2.45) is 0 Å². The maximum Gasteiger partial charge on any atom is 0.305 e. The molecule has 1 aromatic heterocycles. The molecule has 0 amide bonds. The molecule has 0 unspecified atom stereocenters. The molecule has 1 aliphatic rings. The summed E-state index contributed by atoms with van der Waals surface area (Å²) >= 11 is 3.27. The van der Waals surface area contributed by atoms with Gasteiger partial charge in [-0.05, 0) is 26.2 Å². The number of rotatable bonds is 8. The van der Waals surface area contributed by atoms with Gasteiger partial charge in [-0.3, -0.25) is 4.79 Å². The monoisotopic (exact) mass is 329 g/mol. The molecular weight excluding hydrogens is 306 g/mol. The minimum Gasteiger partial charge on any atom is -0.466 e. The van der Waals surface area contributed by atoms with E-state index < -0.39 is 0 Å². The smallest absolute Gasteiger partial charge is 0.305 e. The van der Waals surface area contributed by atoms with Gasteiger partial charge < -0.3 is 10.1 Å². The predicted octanol–water partition coefficient (Wildman–Crippen LogP) is 3.72. The highest BCUT2D eigenvalue weighted by molar-refractivity contribution is 8.01. The van der Waals surface area contributed by atoms with Crippen molar-refractivity contribution in [1.29, 1.82) is 0 Å². The molecular formula is C14H23N3O2S2. The second-order valence-corrected chi connectivity index (χ2v) is 7.43. The van der Waals surface area contributed by atoms with Crippen molar-refractivity contribution in [3.05, 3.63) is 0 Å². The summed E-state index contributed by atoms with van der Waals surface area (Å²) in [4.78, 5) is 11.2. The van der Waals surface area contributed by atoms with E-state index in [2.05, 4.69) is 15.5 Å². The third kappa shape index (κ3) is 6.22. The van der Waals surface area contributed by atoms with Gasteiger partial charge in [0.25, 0.3) is 0 Å². The van der Waals surface area contributed by atoms with E-state index in [0.717, 1.165) is 21.6 Å². The van der Waals surface area contributed by atoms with Crippen LogP contribution in [-0.2, 0) is 9.53 Å². The number of hydrogen-bond donors (Lipinski definition) is 1. The Morgan fingerprint density at radius 1 is 1.38 bits per heavy atom. The van der Waals surface area contributed by atoms with Crippen LogP contribution in [0.5, 0.6) is 0 Å². The first kappa shape index (κ1) is 16.5. The fourth-order valence-electron chi connectivity index (χ4n) is 2.36. The number of nitrogens with zero attached hydrogens (tertiary/aromatic N) is 2. The Morgan fingerprint density at radius 2 is 2.19 bits per heavy atom. The number of thioether (sulfide) groups is 1. The SMILES string of the molecule is CCOC(=O)CCCSc1nnc(NC2CCCCC2)s1.